The minimum atomic E-state index is -4.32. The Bertz CT molecular complexity index is 221. The summed E-state index contributed by atoms with van der Waals surface area (Å²) in [5.41, 5.74) is 0. The molecule has 0 fully saturated rings. The number of hydrogen-bond donors (Lipinski definition) is 0. The van der Waals surface area contributed by atoms with Crippen LogP contribution < -0.4 is 0 Å². The molecule has 6 heteroatoms. The molecule has 0 rings (SSSR count). The zero-order chi connectivity index (χ0) is 13.3. The lowest BCUT2D eigenvalue weighted by molar-refractivity contribution is -0.160. The summed E-state index contributed by atoms with van der Waals surface area (Å²) < 4.78 is 36.7. The average Bonchev–Trinajstić information content (AvgIpc) is 2.21. The smallest absolute Gasteiger partial charge is 0.333 e. The quantitative estimate of drug-likeness (QED) is 0.493. The molecule has 0 bridgehead atoms. The van der Waals surface area contributed by atoms with Crippen LogP contribution in [0.1, 0.15) is 39.0 Å². The number of nitrogens with zero attached hydrogens (tertiary/aromatic N) is 1. The van der Waals surface area contributed by atoms with Crippen LogP contribution in [-0.2, 0) is 4.79 Å². The highest BCUT2D eigenvalue weighted by Gasteiger charge is 2.32. The Balaban J connectivity index is 4.06. The summed E-state index contributed by atoms with van der Waals surface area (Å²) in [6.07, 6.45) is -0.475. The molecule has 0 radical (unpaired) electrons. The van der Waals surface area contributed by atoms with Gasteiger partial charge in [-0.05, 0) is 6.42 Å². The van der Waals surface area contributed by atoms with Gasteiger partial charge in [-0.3, -0.25) is 4.79 Å². The van der Waals surface area contributed by atoms with Gasteiger partial charge in [-0.15, -0.1) is 0 Å². The summed E-state index contributed by atoms with van der Waals surface area (Å²) in [4.78, 5) is 12.5. The van der Waals surface area contributed by atoms with E-state index >= 15 is 0 Å². The number of carbonyl (C=O) groups excluding carboxylic acids is 1. The highest BCUT2D eigenvalue weighted by molar-refractivity contribution is 9.09. The summed E-state index contributed by atoms with van der Waals surface area (Å²) in [6, 6.07) is 0. The fraction of sp³-hybridized carbons (Fsp3) is 0.909. The molecule has 2 nitrogen and oxygen atoms in total. The fourth-order valence-electron chi connectivity index (χ4n) is 1.47. The Morgan fingerprint density at radius 2 is 1.88 bits per heavy atom. The molecule has 102 valence electrons. The summed E-state index contributed by atoms with van der Waals surface area (Å²) in [6.45, 7) is 1.000. The number of carbonyl (C=O) groups is 1. The fourth-order valence-corrected chi connectivity index (χ4v) is 1.90. The second kappa shape index (κ2) is 8.78. The second-order valence-corrected chi connectivity index (χ2v) is 4.72. The number of hydrogen-bond acceptors (Lipinski definition) is 1. The number of halogens is 4. The molecule has 0 aliphatic rings. The molecular formula is C11H19BrF3NO. The van der Waals surface area contributed by atoms with Crippen LogP contribution in [0.4, 0.5) is 13.2 Å². The Labute approximate surface area is 109 Å². The van der Waals surface area contributed by atoms with Crippen molar-refractivity contribution in [2.75, 3.05) is 18.4 Å². The van der Waals surface area contributed by atoms with Crippen LogP contribution in [0.15, 0.2) is 0 Å². The van der Waals surface area contributed by atoms with Crippen LogP contribution in [0, 0.1) is 0 Å². The maximum atomic E-state index is 12.2. The third kappa shape index (κ3) is 9.44. The lowest BCUT2D eigenvalue weighted by atomic mass is 10.1. The minimum Gasteiger partial charge on any atom is -0.333 e. The van der Waals surface area contributed by atoms with E-state index in [0.717, 1.165) is 24.2 Å². The van der Waals surface area contributed by atoms with Gasteiger partial charge in [0.15, 0.2) is 0 Å². The molecule has 0 aromatic heterocycles. The van der Waals surface area contributed by atoms with Crippen LogP contribution in [-0.4, -0.2) is 35.4 Å². The van der Waals surface area contributed by atoms with Gasteiger partial charge in [0.2, 0.25) is 5.91 Å². The molecular weight excluding hydrogens is 299 g/mol. The molecule has 0 aliphatic heterocycles. The Kier molecular flexibility index (Phi) is 8.64. The first-order chi connectivity index (χ1) is 7.90. The normalized spacial score (nSPS) is 11.6. The Morgan fingerprint density at radius 1 is 1.24 bits per heavy atom. The Hall–Kier alpha value is -0.260. The van der Waals surface area contributed by atoms with Crippen molar-refractivity contribution >= 4 is 21.8 Å². The van der Waals surface area contributed by atoms with Crippen molar-refractivity contribution < 1.29 is 18.0 Å². The van der Waals surface area contributed by atoms with Gasteiger partial charge in [-0.2, -0.15) is 13.2 Å². The molecule has 0 spiro atoms. The molecule has 0 saturated carbocycles. The van der Waals surface area contributed by atoms with Crippen molar-refractivity contribution in [1.82, 2.24) is 4.90 Å². The van der Waals surface area contributed by atoms with E-state index in [1.165, 1.54) is 0 Å². The first-order valence-corrected chi connectivity index (χ1v) is 6.93. The van der Waals surface area contributed by atoms with Gasteiger partial charge < -0.3 is 4.90 Å². The molecule has 0 heterocycles. The number of amides is 1. The zero-order valence-electron chi connectivity index (χ0n) is 10.0. The molecule has 0 aromatic carbocycles. The van der Waals surface area contributed by atoms with E-state index in [0.29, 0.717) is 11.8 Å². The monoisotopic (exact) mass is 317 g/mol. The van der Waals surface area contributed by atoms with Crippen molar-refractivity contribution in [3.8, 4) is 0 Å². The van der Waals surface area contributed by atoms with Crippen LogP contribution in [0.2, 0.25) is 0 Å². The van der Waals surface area contributed by atoms with Gasteiger partial charge in [-0.1, -0.05) is 42.1 Å². The second-order valence-electron chi connectivity index (χ2n) is 3.93. The molecule has 0 saturated heterocycles. The van der Waals surface area contributed by atoms with E-state index < -0.39 is 18.6 Å². The van der Waals surface area contributed by atoms with E-state index in [1.807, 2.05) is 6.92 Å². The van der Waals surface area contributed by atoms with Crippen molar-refractivity contribution in [3.05, 3.63) is 0 Å². The summed E-state index contributed by atoms with van der Waals surface area (Å²) in [5.74, 6) is -0.405. The van der Waals surface area contributed by atoms with E-state index in [2.05, 4.69) is 15.9 Å². The van der Waals surface area contributed by atoms with Crippen LogP contribution in [0.5, 0.6) is 0 Å². The lowest BCUT2D eigenvalue weighted by Gasteiger charge is -2.23. The van der Waals surface area contributed by atoms with E-state index in [1.54, 1.807) is 0 Å². The third-order valence-corrected chi connectivity index (χ3v) is 2.68. The van der Waals surface area contributed by atoms with E-state index in [-0.39, 0.29) is 13.0 Å². The van der Waals surface area contributed by atoms with Gasteiger partial charge >= 0.3 is 6.18 Å². The van der Waals surface area contributed by atoms with Crippen molar-refractivity contribution in [2.45, 2.75) is 45.2 Å². The van der Waals surface area contributed by atoms with Crippen molar-refractivity contribution in [1.29, 1.82) is 0 Å². The Morgan fingerprint density at radius 3 is 2.35 bits per heavy atom. The highest BCUT2D eigenvalue weighted by Crippen LogP contribution is 2.17. The standard InChI is InChI=1S/C11H19BrF3NO/c1-2-3-4-5-6-10(17)16(8-7-12)9-11(13,14)15/h2-9H2,1H3. The first-order valence-electron chi connectivity index (χ1n) is 5.81. The molecule has 0 aromatic rings. The number of unbranched alkanes of at least 4 members (excludes halogenated alkanes) is 3. The molecule has 1 amide bonds. The van der Waals surface area contributed by atoms with Gasteiger partial charge in [0, 0.05) is 18.3 Å². The third-order valence-electron chi connectivity index (χ3n) is 2.32. The van der Waals surface area contributed by atoms with Crippen LogP contribution in [0.3, 0.4) is 0 Å². The van der Waals surface area contributed by atoms with Crippen LogP contribution in [0.25, 0.3) is 0 Å². The molecule has 0 atom stereocenters. The van der Waals surface area contributed by atoms with E-state index in [4.69, 9.17) is 0 Å². The average molecular weight is 318 g/mol. The summed E-state index contributed by atoms with van der Waals surface area (Å²) in [7, 11) is 0. The minimum absolute atomic E-state index is 0.103. The predicted octanol–water partition coefficient (Wildman–Crippen LogP) is 3.74. The van der Waals surface area contributed by atoms with Gasteiger partial charge in [0.05, 0.1) is 0 Å². The molecule has 17 heavy (non-hydrogen) atoms. The van der Waals surface area contributed by atoms with Crippen molar-refractivity contribution in [3.63, 3.8) is 0 Å². The lowest BCUT2D eigenvalue weighted by Crippen LogP contribution is -2.40. The molecule has 0 N–H and O–H groups in total. The van der Waals surface area contributed by atoms with E-state index in [9.17, 15) is 18.0 Å². The SMILES string of the molecule is CCCCCCC(=O)N(CCBr)CC(F)(F)F. The largest absolute Gasteiger partial charge is 0.406 e. The highest BCUT2D eigenvalue weighted by atomic mass is 79.9. The molecule has 0 aliphatic carbocycles. The molecule has 0 unspecified atom stereocenters. The summed E-state index contributed by atoms with van der Waals surface area (Å²) in [5, 5.41) is 0.365. The first kappa shape index (κ1) is 16.7. The van der Waals surface area contributed by atoms with Gasteiger partial charge in [-0.25, -0.2) is 0 Å². The van der Waals surface area contributed by atoms with Crippen molar-refractivity contribution in [2.24, 2.45) is 0 Å². The van der Waals surface area contributed by atoms with Gasteiger partial charge in [0.25, 0.3) is 0 Å². The maximum absolute atomic E-state index is 12.2. The number of alkyl halides is 4. The maximum Gasteiger partial charge on any atom is 0.406 e. The predicted molar refractivity (Wildman–Crippen MR) is 65.2 cm³/mol. The van der Waals surface area contributed by atoms with Gasteiger partial charge in [0.1, 0.15) is 6.54 Å². The topological polar surface area (TPSA) is 20.3 Å². The zero-order valence-corrected chi connectivity index (χ0v) is 11.6. The number of rotatable bonds is 8. The summed E-state index contributed by atoms with van der Waals surface area (Å²) >= 11 is 3.06. The van der Waals surface area contributed by atoms with Crippen LogP contribution >= 0.6 is 15.9 Å².